The molecule has 8 heteroatoms. The number of hydrogen-bond acceptors (Lipinski definition) is 5. The lowest BCUT2D eigenvalue weighted by Crippen LogP contribution is -2.34. The maximum atomic E-state index is 12.0. The second-order valence-electron chi connectivity index (χ2n) is 4.33. The van der Waals surface area contributed by atoms with Crippen LogP contribution in [0.1, 0.15) is 16.8 Å². The molecule has 1 N–H and O–H groups in total. The van der Waals surface area contributed by atoms with Crippen LogP contribution >= 0.6 is 11.3 Å². The molecule has 7 nitrogen and oxygen atoms in total. The predicted molar refractivity (Wildman–Crippen MR) is 75.0 cm³/mol. The smallest absolute Gasteiger partial charge is 0.271 e. The molecule has 2 amide bonds. The van der Waals surface area contributed by atoms with Crippen LogP contribution in [0.25, 0.3) is 4.96 Å². The molecule has 0 aromatic carbocycles. The summed E-state index contributed by atoms with van der Waals surface area (Å²) < 4.78 is 1.32. The van der Waals surface area contributed by atoms with E-state index in [1.54, 1.807) is 25.7 Å². The van der Waals surface area contributed by atoms with E-state index in [0.29, 0.717) is 4.96 Å². The largest absolute Gasteiger partial charge is 0.351 e. The van der Waals surface area contributed by atoms with Crippen LogP contribution in [0, 0.1) is 0 Å². The topological polar surface area (TPSA) is 83.8 Å². The number of carbonyl (C=O) groups excluding carboxylic acids is 2. The van der Waals surface area contributed by atoms with Gasteiger partial charge in [-0.1, -0.05) is 0 Å². The van der Waals surface area contributed by atoms with Crippen molar-refractivity contribution in [2.75, 3.05) is 20.6 Å². The van der Waals surface area contributed by atoms with Crippen molar-refractivity contribution in [3.05, 3.63) is 33.7 Å². The van der Waals surface area contributed by atoms with Gasteiger partial charge in [-0.05, 0) is 0 Å². The zero-order valence-corrected chi connectivity index (χ0v) is 11.9. The van der Waals surface area contributed by atoms with E-state index in [-0.39, 0.29) is 24.4 Å². The van der Waals surface area contributed by atoms with Gasteiger partial charge in [-0.25, -0.2) is 4.98 Å². The summed E-state index contributed by atoms with van der Waals surface area (Å²) in [5.41, 5.74) is -0.439. The molecule has 0 saturated heterocycles. The number of rotatable bonds is 4. The van der Waals surface area contributed by atoms with Crippen molar-refractivity contribution in [1.82, 2.24) is 19.6 Å². The molecule has 0 atom stereocenters. The Morgan fingerprint density at radius 1 is 1.45 bits per heavy atom. The molecule has 0 bridgehead atoms. The highest BCUT2D eigenvalue weighted by molar-refractivity contribution is 7.15. The third-order valence-electron chi connectivity index (χ3n) is 2.71. The summed E-state index contributed by atoms with van der Waals surface area (Å²) in [7, 11) is 3.29. The van der Waals surface area contributed by atoms with Crippen LogP contribution in [-0.4, -0.2) is 46.7 Å². The fourth-order valence-electron chi connectivity index (χ4n) is 1.58. The summed E-state index contributed by atoms with van der Waals surface area (Å²) in [6, 6.07) is 0. The Bertz CT molecular complexity index is 704. The van der Waals surface area contributed by atoms with Gasteiger partial charge in [-0.3, -0.25) is 18.8 Å². The van der Waals surface area contributed by atoms with Crippen molar-refractivity contribution < 1.29 is 9.59 Å². The molecule has 0 spiro atoms. The van der Waals surface area contributed by atoms with Gasteiger partial charge in [0, 0.05) is 44.8 Å². The molecule has 0 radical (unpaired) electrons. The average molecular weight is 294 g/mol. The maximum absolute atomic E-state index is 12.0. The molecular weight excluding hydrogens is 280 g/mol. The van der Waals surface area contributed by atoms with Crippen molar-refractivity contribution in [2.24, 2.45) is 0 Å². The number of hydrogen-bond donors (Lipinski definition) is 1. The van der Waals surface area contributed by atoms with Crippen molar-refractivity contribution in [3.8, 4) is 0 Å². The van der Waals surface area contributed by atoms with E-state index in [9.17, 15) is 14.4 Å². The minimum atomic E-state index is -0.519. The summed E-state index contributed by atoms with van der Waals surface area (Å²) in [5, 5.41) is 4.27. The highest BCUT2D eigenvalue weighted by Gasteiger charge is 2.14. The third-order valence-corrected chi connectivity index (χ3v) is 3.48. The van der Waals surface area contributed by atoms with Crippen molar-refractivity contribution >= 4 is 28.1 Å². The highest BCUT2D eigenvalue weighted by atomic mass is 32.1. The van der Waals surface area contributed by atoms with Crippen molar-refractivity contribution in [2.45, 2.75) is 6.42 Å². The van der Waals surface area contributed by atoms with E-state index in [0.717, 1.165) is 0 Å². The van der Waals surface area contributed by atoms with Gasteiger partial charge in [0.05, 0.1) is 0 Å². The predicted octanol–water partition coefficient (Wildman–Crippen LogP) is -0.0359. The molecule has 20 heavy (non-hydrogen) atoms. The molecule has 0 unspecified atom stereocenters. The first kappa shape index (κ1) is 14.2. The Hall–Kier alpha value is -2.22. The Morgan fingerprint density at radius 2 is 2.20 bits per heavy atom. The molecular formula is C12H14N4O3S. The quantitative estimate of drug-likeness (QED) is 0.858. The van der Waals surface area contributed by atoms with E-state index < -0.39 is 11.5 Å². The normalized spacial score (nSPS) is 10.5. The summed E-state index contributed by atoms with van der Waals surface area (Å²) in [4.78, 5) is 41.3. The van der Waals surface area contributed by atoms with Gasteiger partial charge >= 0.3 is 0 Å². The molecule has 2 aromatic rings. The first-order valence-electron chi connectivity index (χ1n) is 5.94. The van der Waals surface area contributed by atoms with Gasteiger partial charge < -0.3 is 10.2 Å². The lowest BCUT2D eigenvalue weighted by Gasteiger charge is -2.10. The van der Waals surface area contributed by atoms with E-state index in [4.69, 9.17) is 0 Å². The Labute approximate surface area is 118 Å². The number of thiazole rings is 1. The number of nitrogens with zero attached hydrogens (tertiary/aromatic N) is 3. The molecule has 0 aliphatic rings. The third kappa shape index (κ3) is 2.85. The first-order valence-corrected chi connectivity index (χ1v) is 6.82. The van der Waals surface area contributed by atoms with Gasteiger partial charge in [-0.2, -0.15) is 0 Å². The van der Waals surface area contributed by atoms with E-state index in [2.05, 4.69) is 10.3 Å². The second-order valence-corrected chi connectivity index (χ2v) is 5.20. The van der Waals surface area contributed by atoms with Crippen LogP contribution in [0.4, 0.5) is 0 Å². The summed E-state index contributed by atoms with van der Waals surface area (Å²) in [5.74, 6) is -0.608. The van der Waals surface area contributed by atoms with Crippen LogP contribution in [-0.2, 0) is 4.79 Å². The van der Waals surface area contributed by atoms with Crippen LogP contribution in [0.3, 0.4) is 0 Å². The number of carbonyl (C=O) groups is 2. The molecule has 0 aliphatic heterocycles. The lowest BCUT2D eigenvalue weighted by atomic mass is 10.3. The zero-order valence-electron chi connectivity index (χ0n) is 11.1. The Morgan fingerprint density at radius 3 is 2.90 bits per heavy atom. The first-order chi connectivity index (χ1) is 9.50. The van der Waals surface area contributed by atoms with Crippen LogP contribution in [0.2, 0.25) is 0 Å². The number of aromatic nitrogens is 2. The molecule has 0 fully saturated rings. The molecule has 0 aliphatic carbocycles. The van der Waals surface area contributed by atoms with E-state index in [1.807, 2.05) is 0 Å². The standard InChI is InChI=1S/C12H14N4O3S/c1-15(2)9(17)3-4-13-10(18)8-7-14-12-16(11(8)19)5-6-20-12/h5-7H,3-4H2,1-2H3,(H,13,18). The molecule has 106 valence electrons. The molecule has 2 heterocycles. The SMILES string of the molecule is CN(C)C(=O)CCNC(=O)c1cnc2sccn2c1=O. The van der Waals surface area contributed by atoms with Gasteiger partial charge in [0.2, 0.25) is 5.91 Å². The molecule has 0 saturated carbocycles. The van der Waals surface area contributed by atoms with Gasteiger partial charge in [0.15, 0.2) is 4.96 Å². The zero-order chi connectivity index (χ0) is 14.7. The van der Waals surface area contributed by atoms with Gasteiger partial charge in [0.25, 0.3) is 11.5 Å². The summed E-state index contributed by atoms with van der Waals surface area (Å²) in [6.45, 7) is 0.182. The lowest BCUT2D eigenvalue weighted by molar-refractivity contribution is -0.128. The monoisotopic (exact) mass is 294 g/mol. The fraction of sp³-hybridized carbons (Fsp3) is 0.333. The van der Waals surface area contributed by atoms with E-state index >= 15 is 0 Å². The fourth-order valence-corrected chi connectivity index (χ4v) is 2.26. The molecule has 2 rings (SSSR count). The molecule has 2 aromatic heterocycles. The number of fused-ring (bicyclic) bond motifs is 1. The average Bonchev–Trinajstić information content (AvgIpc) is 2.87. The van der Waals surface area contributed by atoms with Crippen LogP contribution in [0.5, 0.6) is 0 Å². The van der Waals surface area contributed by atoms with E-state index in [1.165, 1.54) is 26.8 Å². The van der Waals surface area contributed by atoms with Gasteiger partial charge in [-0.15, -0.1) is 11.3 Å². The van der Waals surface area contributed by atoms with Crippen molar-refractivity contribution in [3.63, 3.8) is 0 Å². The minimum Gasteiger partial charge on any atom is -0.351 e. The van der Waals surface area contributed by atoms with Crippen LogP contribution < -0.4 is 10.9 Å². The summed E-state index contributed by atoms with van der Waals surface area (Å²) in [6.07, 6.45) is 3.02. The number of nitrogens with one attached hydrogen (secondary N) is 1. The maximum Gasteiger partial charge on any atom is 0.271 e. The van der Waals surface area contributed by atoms with Gasteiger partial charge in [0.1, 0.15) is 5.56 Å². The highest BCUT2D eigenvalue weighted by Crippen LogP contribution is 2.05. The second kappa shape index (κ2) is 5.83. The Balaban J connectivity index is 2.06. The minimum absolute atomic E-state index is 0.0294. The summed E-state index contributed by atoms with van der Waals surface area (Å²) >= 11 is 1.32. The Kier molecular flexibility index (Phi) is 4.14. The number of amides is 2. The van der Waals surface area contributed by atoms with Crippen LogP contribution in [0.15, 0.2) is 22.6 Å². The van der Waals surface area contributed by atoms with Crippen molar-refractivity contribution in [1.29, 1.82) is 0 Å².